The number of nitrogens with one attached hydrogen (secondary N) is 1. The van der Waals surface area contributed by atoms with E-state index in [1.54, 1.807) is 0 Å². The third kappa shape index (κ3) is 18.2. The van der Waals surface area contributed by atoms with E-state index in [1.807, 2.05) is 0 Å². The molecule has 0 saturated heterocycles. The maximum Gasteiger partial charge on any atom is 0.117 e. The van der Waals surface area contributed by atoms with Crippen molar-refractivity contribution >= 4 is 5.84 Å². The van der Waals surface area contributed by atoms with Gasteiger partial charge in [-0.05, 0) is 7.05 Å². The highest BCUT2D eigenvalue weighted by atomic mass is 16.5. The normalized spacial score (nSPS) is 6.88. The predicted octanol–water partition coefficient (Wildman–Crippen LogP) is -0.856. The zero-order valence-corrected chi connectivity index (χ0v) is 5.27. The van der Waals surface area contributed by atoms with Crippen LogP contribution in [0.4, 0.5) is 0 Å². The Morgan fingerprint density at radius 1 is 1.62 bits per heavy atom. The van der Waals surface area contributed by atoms with Crippen molar-refractivity contribution in [3.05, 3.63) is 0 Å². The van der Waals surface area contributed by atoms with Crippen LogP contribution in [0.2, 0.25) is 0 Å². The van der Waals surface area contributed by atoms with Crippen molar-refractivity contribution in [3.63, 3.8) is 0 Å². The van der Waals surface area contributed by atoms with Gasteiger partial charge < -0.3 is 16.2 Å². The number of ether oxygens (including phenoxy) is 1. The summed E-state index contributed by atoms with van der Waals surface area (Å²) in [4.78, 5) is 0. The molecule has 0 fully saturated rings. The Morgan fingerprint density at radius 2 is 2.00 bits per heavy atom. The summed E-state index contributed by atoms with van der Waals surface area (Å²) in [5.41, 5.74) is 9.36. The lowest BCUT2D eigenvalue weighted by Crippen LogP contribution is -2.15. The van der Waals surface area contributed by atoms with Crippen molar-refractivity contribution in [2.24, 2.45) is 11.5 Å². The topological polar surface area (TPSA) is 85.1 Å². The molecular weight excluding hydrogens is 106 g/mol. The van der Waals surface area contributed by atoms with Crippen LogP contribution in [0.5, 0.6) is 0 Å². The zero-order chi connectivity index (χ0) is 6.99. The summed E-state index contributed by atoms with van der Waals surface area (Å²) >= 11 is 0. The molecule has 0 atom stereocenters. The Hall–Kier alpha value is -0.610. The van der Waals surface area contributed by atoms with E-state index >= 15 is 0 Å². The molecule has 0 radical (unpaired) electrons. The Kier molecular flexibility index (Phi) is 12.5. The van der Waals surface area contributed by atoms with Gasteiger partial charge in [0, 0.05) is 7.11 Å². The predicted molar refractivity (Wildman–Crippen MR) is 33.9 cm³/mol. The molecule has 0 unspecified atom stereocenters. The van der Waals surface area contributed by atoms with Crippen molar-refractivity contribution in [2.45, 2.75) is 0 Å². The summed E-state index contributed by atoms with van der Waals surface area (Å²) in [6.45, 7) is 0.236. The van der Waals surface area contributed by atoms with Gasteiger partial charge in [0.15, 0.2) is 0 Å². The molecule has 0 aliphatic carbocycles. The van der Waals surface area contributed by atoms with E-state index in [-0.39, 0.29) is 12.4 Å². The van der Waals surface area contributed by atoms with Crippen LogP contribution in [-0.2, 0) is 4.74 Å². The highest BCUT2D eigenvalue weighted by molar-refractivity contribution is 5.77. The van der Waals surface area contributed by atoms with Gasteiger partial charge in [-0.2, -0.15) is 0 Å². The number of methoxy groups -OCH3 is 1. The van der Waals surface area contributed by atoms with E-state index in [0.717, 1.165) is 0 Å². The van der Waals surface area contributed by atoms with Crippen LogP contribution in [-0.4, -0.2) is 26.6 Å². The zero-order valence-electron chi connectivity index (χ0n) is 5.27. The van der Waals surface area contributed by atoms with Crippen LogP contribution in [0.1, 0.15) is 0 Å². The molecule has 50 valence electrons. The number of hydrogen-bond donors (Lipinski definition) is 3. The second-order valence-corrected chi connectivity index (χ2v) is 0.958. The summed E-state index contributed by atoms with van der Waals surface area (Å²) in [6.07, 6.45) is 0. The van der Waals surface area contributed by atoms with Crippen molar-refractivity contribution in [1.29, 1.82) is 5.41 Å². The fourth-order valence-corrected chi connectivity index (χ4v) is 0.156. The van der Waals surface area contributed by atoms with Crippen LogP contribution >= 0.6 is 0 Å². The lowest BCUT2D eigenvalue weighted by Gasteiger charge is -1.88. The minimum Gasteiger partial charge on any atom is -0.386 e. The number of nitrogens with two attached hydrogens (primary N) is 2. The SMILES string of the molecule is CN.COCC(=N)N. The number of amidine groups is 1. The van der Waals surface area contributed by atoms with Gasteiger partial charge in [-0.15, -0.1) is 0 Å². The molecule has 8 heavy (non-hydrogen) atoms. The third-order valence-electron chi connectivity index (χ3n) is 0.300. The van der Waals surface area contributed by atoms with Crippen molar-refractivity contribution < 1.29 is 4.74 Å². The molecule has 0 aliphatic rings. The summed E-state index contributed by atoms with van der Waals surface area (Å²) in [5, 5.41) is 6.55. The van der Waals surface area contributed by atoms with E-state index in [2.05, 4.69) is 10.5 Å². The molecule has 4 nitrogen and oxygen atoms in total. The monoisotopic (exact) mass is 119 g/mol. The lowest BCUT2D eigenvalue weighted by molar-refractivity contribution is 0.244. The van der Waals surface area contributed by atoms with Gasteiger partial charge in [0.2, 0.25) is 0 Å². The first-order chi connectivity index (χ1) is 3.77. The molecule has 0 heterocycles. The smallest absolute Gasteiger partial charge is 0.117 e. The molecule has 0 rings (SSSR count). The molecule has 0 amide bonds. The Balaban J connectivity index is 0. The Morgan fingerprint density at radius 3 is 2.00 bits per heavy atom. The van der Waals surface area contributed by atoms with Gasteiger partial charge >= 0.3 is 0 Å². The standard InChI is InChI=1S/C3H8N2O.CH5N/c1-6-2-3(4)5;1-2/h2H2,1H3,(H3,4,5);2H2,1H3. The maximum atomic E-state index is 6.55. The van der Waals surface area contributed by atoms with Crippen LogP contribution < -0.4 is 11.5 Å². The highest BCUT2D eigenvalue weighted by Crippen LogP contribution is 1.59. The first-order valence-electron chi connectivity index (χ1n) is 2.17. The largest absolute Gasteiger partial charge is 0.386 e. The van der Waals surface area contributed by atoms with Gasteiger partial charge in [0.25, 0.3) is 0 Å². The summed E-state index contributed by atoms with van der Waals surface area (Å²) < 4.78 is 4.45. The van der Waals surface area contributed by atoms with E-state index in [0.29, 0.717) is 0 Å². The molecule has 0 aromatic heterocycles. The van der Waals surface area contributed by atoms with E-state index < -0.39 is 0 Å². The maximum absolute atomic E-state index is 6.55. The van der Waals surface area contributed by atoms with Crippen LogP contribution in [0, 0.1) is 5.41 Å². The minimum atomic E-state index is 0.0671. The first kappa shape index (κ1) is 10.4. The molecule has 5 N–H and O–H groups in total. The second kappa shape index (κ2) is 9.63. The number of hydrogen-bond acceptors (Lipinski definition) is 3. The fourth-order valence-electron chi connectivity index (χ4n) is 0.156. The summed E-state index contributed by atoms with van der Waals surface area (Å²) in [6, 6.07) is 0. The van der Waals surface area contributed by atoms with E-state index in [1.165, 1.54) is 14.2 Å². The number of rotatable bonds is 2. The molecule has 0 spiro atoms. The summed E-state index contributed by atoms with van der Waals surface area (Å²) in [7, 11) is 3.00. The van der Waals surface area contributed by atoms with Crippen molar-refractivity contribution in [1.82, 2.24) is 0 Å². The Bertz CT molecular complexity index is 55.2. The van der Waals surface area contributed by atoms with Crippen molar-refractivity contribution in [3.8, 4) is 0 Å². The van der Waals surface area contributed by atoms with Gasteiger partial charge in [0.1, 0.15) is 12.4 Å². The lowest BCUT2D eigenvalue weighted by atomic mass is 10.7. The molecule has 0 aromatic carbocycles. The van der Waals surface area contributed by atoms with Crippen molar-refractivity contribution in [2.75, 3.05) is 20.8 Å². The fraction of sp³-hybridized carbons (Fsp3) is 0.750. The molecular formula is C4H13N3O. The molecule has 0 saturated carbocycles. The first-order valence-corrected chi connectivity index (χ1v) is 2.17. The van der Waals surface area contributed by atoms with Crippen LogP contribution in [0.15, 0.2) is 0 Å². The molecule has 4 heteroatoms. The average molecular weight is 119 g/mol. The Labute approximate surface area is 49.3 Å². The van der Waals surface area contributed by atoms with Crippen LogP contribution in [0.25, 0.3) is 0 Å². The molecule has 0 bridgehead atoms. The summed E-state index contributed by atoms with van der Waals surface area (Å²) in [5.74, 6) is 0.0671. The third-order valence-corrected chi connectivity index (χ3v) is 0.300. The molecule has 0 aromatic rings. The second-order valence-electron chi connectivity index (χ2n) is 0.958. The average Bonchev–Trinajstić information content (AvgIpc) is 1.72. The van der Waals surface area contributed by atoms with Gasteiger partial charge in [-0.3, -0.25) is 5.41 Å². The van der Waals surface area contributed by atoms with E-state index in [4.69, 9.17) is 11.1 Å². The quantitative estimate of drug-likeness (QED) is 0.327. The highest BCUT2D eigenvalue weighted by Gasteiger charge is 1.78. The van der Waals surface area contributed by atoms with Gasteiger partial charge in [0.05, 0.1) is 0 Å². The van der Waals surface area contributed by atoms with Gasteiger partial charge in [-0.1, -0.05) is 0 Å². The van der Waals surface area contributed by atoms with E-state index in [9.17, 15) is 0 Å². The van der Waals surface area contributed by atoms with Gasteiger partial charge in [-0.25, -0.2) is 0 Å². The van der Waals surface area contributed by atoms with Crippen LogP contribution in [0.3, 0.4) is 0 Å². The minimum absolute atomic E-state index is 0.0671. The molecule has 0 aliphatic heterocycles.